The molecule has 0 aromatic carbocycles. The van der Waals surface area contributed by atoms with Crippen molar-refractivity contribution in [2.24, 2.45) is 11.3 Å². The summed E-state index contributed by atoms with van der Waals surface area (Å²) in [5.74, 6) is 0.653. The zero-order valence-electron chi connectivity index (χ0n) is 14.0. The van der Waals surface area contributed by atoms with E-state index in [2.05, 4.69) is 39.7 Å². The van der Waals surface area contributed by atoms with E-state index in [0.29, 0.717) is 16.4 Å². The standard InChI is InChI=1S/C17H29ClN2O/c1-12(2)20-15(14(18)11-19-20)17(21)9-6-7-13(8-10-17)16(3,4)5/h11-13,21H,6-10H2,1-5H3. The normalized spacial score (nSPS) is 27.9. The molecule has 0 amide bonds. The van der Waals surface area contributed by atoms with Crippen LogP contribution in [0.3, 0.4) is 0 Å². The number of hydrogen-bond acceptors (Lipinski definition) is 2. The molecule has 2 atom stereocenters. The summed E-state index contributed by atoms with van der Waals surface area (Å²) in [7, 11) is 0. The van der Waals surface area contributed by atoms with Gasteiger partial charge >= 0.3 is 0 Å². The summed E-state index contributed by atoms with van der Waals surface area (Å²) in [6, 6.07) is 0.207. The fourth-order valence-electron chi connectivity index (χ4n) is 3.59. The van der Waals surface area contributed by atoms with Crippen LogP contribution in [0.2, 0.25) is 5.02 Å². The molecule has 1 fully saturated rings. The minimum absolute atomic E-state index is 0.207. The molecule has 0 aliphatic heterocycles. The summed E-state index contributed by atoms with van der Waals surface area (Å²) >= 11 is 6.35. The maximum Gasteiger partial charge on any atom is 0.108 e. The second-order valence-corrected chi connectivity index (χ2v) is 8.31. The lowest BCUT2D eigenvalue weighted by atomic mass is 9.76. The van der Waals surface area contributed by atoms with Gasteiger partial charge in [0.05, 0.1) is 16.9 Å². The molecule has 4 heteroatoms. The summed E-state index contributed by atoms with van der Waals surface area (Å²) in [6.07, 6.45) is 6.47. The zero-order valence-corrected chi connectivity index (χ0v) is 14.7. The van der Waals surface area contributed by atoms with Gasteiger partial charge in [-0.25, -0.2) is 0 Å². The van der Waals surface area contributed by atoms with Crippen LogP contribution in [-0.2, 0) is 5.60 Å². The van der Waals surface area contributed by atoms with Crippen LogP contribution in [0.5, 0.6) is 0 Å². The third-order valence-corrected chi connectivity index (χ3v) is 5.23. The molecule has 1 aromatic heterocycles. The Kier molecular flexibility index (Phi) is 4.75. The van der Waals surface area contributed by atoms with Crippen LogP contribution in [0, 0.1) is 11.3 Å². The van der Waals surface area contributed by atoms with E-state index in [1.165, 1.54) is 6.42 Å². The average Bonchev–Trinajstić information content (AvgIpc) is 2.63. The number of aliphatic hydroxyl groups is 1. The van der Waals surface area contributed by atoms with Crippen molar-refractivity contribution in [1.29, 1.82) is 0 Å². The van der Waals surface area contributed by atoms with Crippen LogP contribution < -0.4 is 0 Å². The number of halogens is 1. The Morgan fingerprint density at radius 1 is 1.33 bits per heavy atom. The van der Waals surface area contributed by atoms with E-state index in [1.807, 2.05) is 4.68 Å². The van der Waals surface area contributed by atoms with Crippen molar-refractivity contribution >= 4 is 11.6 Å². The zero-order chi connectivity index (χ0) is 15.8. The highest BCUT2D eigenvalue weighted by molar-refractivity contribution is 6.31. The quantitative estimate of drug-likeness (QED) is 0.786. The van der Waals surface area contributed by atoms with Crippen molar-refractivity contribution in [2.75, 3.05) is 0 Å². The van der Waals surface area contributed by atoms with Crippen molar-refractivity contribution in [3.05, 3.63) is 16.9 Å². The summed E-state index contributed by atoms with van der Waals surface area (Å²) in [5.41, 5.74) is 0.277. The highest BCUT2D eigenvalue weighted by Crippen LogP contribution is 2.45. The minimum Gasteiger partial charge on any atom is -0.384 e. The van der Waals surface area contributed by atoms with E-state index < -0.39 is 5.60 Å². The van der Waals surface area contributed by atoms with Gasteiger partial charge in [-0.1, -0.05) is 32.4 Å². The van der Waals surface area contributed by atoms with E-state index in [4.69, 9.17) is 11.6 Å². The van der Waals surface area contributed by atoms with E-state index in [-0.39, 0.29) is 6.04 Å². The van der Waals surface area contributed by atoms with Gasteiger partial charge < -0.3 is 5.11 Å². The van der Waals surface area contributed by atoms with Gasteiger partial charge in [0.2, 0.25) is 0 Å². The average molecular weight is 313 g/mol. The van der Waals surface area contributed by atoms with Crippen LogP contribution in [0.15, 0.2) is 6.20 Å². The molecule has 1 saturated carbocycles. The molecule has 2 unspecified atom stereocenters. The molecule has 3 nitrogen and oxygen atoms in total. The number of rotatable bonds is 2. The molecule has 0 bridgehead atoms. The van der Waals surface area contributed by atoms with Crippen molar-refractivity contribution in [2.45, 2.75) is 78.4 Å². The first kappa shape index (κ1) is 16.8. The van der Waals surface area contributed by atoms with Gasteiger partial charge in [-0.3, -0.25) is 4.68 Å². The van der Waals surface area contributed by atoms with E-state index in [9.17, 15) is 5.11 Å². The van der Waals surface area contributed by atoms with Crippen LogP contribution >= 0.6 is 11.6 Å². The molecule has 0 spiro atoms. The predicted octanol–water partition coefficient (Wildman–Crippen LogP) is 4.93. The van der Waals surface area contributed by atoms with Gasteiger partial charge in [-0.2, -0.15) is 5.10 Å². The summed E-state index contributed by atoms with van der Waals surface area (Å²) in [5, 5.41) is 16.2. The lowest BCUT2D eigenvalue weighted by Gasteiger charge is -2.31. The van der Waals surface area contributed by atoms with Crippen LogP contribution in [0.25, 0.3) is 0 Å². The third kappa shape index (κ3) is 3.45. The molecule has 1 heterocycles. The van der Waals surface area contributed by atoms with E-state index >= 15 is 0 Å². The molecule has 1 aromatic rings. The number of hydrogen-bond donors (Lipinski definition) is 1. The Morgan fingerprint density at radius 3 is 2.57 bits per heavy atom. The van der Waals surface area contributed by atoms with Crippen LogP contribution in [-0.4, -0.2) is 14.9 Å². The fraction of sp³-hybridized carbons (Fsp3) is 0.824. The Balaban J connectivity index is 2.29. The maximum atomic E-state index is 11.3. The second kappa shape index (κ2) is 5.92. The Bertz CT molecular complexity index is 489. The Hall–Kier alpha value is -0.540. The molecule has 2 rings (SSSR count). The van der Waals surface area contributed by atoms with Gasteiger partial charge in [0.1, 0.15) is 5.60 Å². The molecular formula is C17H29ClN2O. The Labute approximate surface area is 133 Å². The van der Waals surface area contributed by atoms with Crippen molar-refractivity contribution in [3.63, 3.8) is 0 Å². The first-order chi connectivity index (χ1) is 9.65. The Morgan fingerprint density at radius 2 is 2.00 bits per heavy atom. The SMILES string of the molecule is CC(C)n1ncc(Cl)c1C1(O)CCCC(C(C)(C)C)CC1. The third-order valence-electron chi connectivity index (χ3n) is 4.95. The molecule has 21 heavy (non-hydrogen) atoms. The first-order valence-electron chi connectivity index (χ1n) is 8.11. The van der Waals surface area contributed by atoms with Gasteiger partial charge in [-0.15, -0.1) is 0 Å². The molecule has 1 aliphatic rings. The van der Waals surface area contributed by atoms with Crippen LogP contribution in [0.1, 0.15) is 78.5 Å². The molecule has 0 radical (unpaired) electrons. The van der Waals surface area contributed by atoms with Gasteiger partial charge in [0.25, 0.3) is 0 Å². The van der Waals surface area contributed by atoms with Gasteiger partial charge in [0.15, 0.2) is 0 Å². The summed E-state index contributed by atoms with van der Waals surface area (Å²) in [4.78, 5) is 0. The van der Waals surface area contributed by atoms with Crippen molar-refractivity contribution in [1.82, 2.24) is 9.78 Å². The highest BCUT2D eigenvalue weighted by Gasteiger charge is 2.39. The van der Waals surface area contributed by atoms with E-state index in [0.717, 1.165) is 31.4 Å². The maximum absolute atomic E-state index is 11.3. The minimum atomic E-state index is -0.835. The molecular weight excluding hydrogens is 284 g/mol. The monoisotopic (exact) mass is 312 g/mol. The van der Waals surface area contributed by atoms with Crippen molar-refractivity contribution in [3.8, 4) is 0 Å². The lowest BCUT2D eigenvalue weighted by Crippen LogP contribution is -2.30. The van der Waals surface area contributed by atoms with Crippen molar-refractivity contribution < 1.29 is 5.11 Å². The second-order valence-electron chi connectivity index (χ2n) is 7.90. The lowest BCUT2D eigenvalue weighted by molar-refractivity contribution is 0.00840. The topological polar surface area (TPSA) is 38.0 Å². The number of aromatic nitrogens is 2. The molecule has 0 saturated heterocycles. The molecule has 1 aliphatic carbocycles. The summed E-state index contributed by atoms with van der Waals surface area (Å²) < 4.78 is 1.89. The highest BCUT2D eigenvalue weighted by atomic mass is 35.5. The summed E-state index contributed by atoms with van der Waals surface area (Å²) in [6.45, 7) is 11.0. The van der Waals surface area contributed by atoms with Gasteiger partial charge in [0, 0.05) is 6.04 Å². The molecule has 120 valence electrons. The fourth-order valence-corrected chi connectivity index (χ4v) is 3.90. The molecule has 1 N–H and O–H groups in total. The van der Waals surface area contributed by atoms with Crippen LogP contribution in [0.4, 0.5) is 0 Å². The number of nitrogens with zero attached hydrogens (tertiary/aromatic N) is 2. The smallest absolute Gasteiger partial charge is 0.108 e. The first-order valence-corrected chi connectivity index (χ1v) is 8.49. The predicted molar refractivity (Wildman–Crippen MR) is 87.5 cm³/mol. The largest absolute Gasteiger partial charge is 0.384 e. The van der Waals surface area contributed by atoms with Gasteiger partial charge in [-0.05, 0) is 57.3 Å². The van der Waals surface area contributed by atoms with E-state index in [1.54, 1.807) is 6.20 Å².